The molecule has 3 aromatic carbocycles. The molecule has 1 aliphatic carbocycles. The minimum atomic E-state index is -0.464. The van der Waals surface area contributed by atoms with E-state index in [2.05, 4.69) is 19.2 Å². The summed E-state index contributed by atoms with van der Waals surface area (Å²) in [4.78, 5) is 18.3. The smallest absolute Gasteiger partial charge is 0.227 e. The number of carbonyl (C=O) groups excluding carboxylic acids is 1. The first-order valence-electron chi connectivity index (χ1n) is 13.1. The molecule has 0 saturated carbocycles. The van der Waals surface area contributed by atoms with Gasteiger partial charge < -0.3 is 10.1 Å². The number of allylic oxidation sites excluding steroid dienone is 2. The lowest BCUT2D eigenvalue weighted by atomic mass is 9.73. The maximum Gasteiger partial charge on any atom is 0.227 e. The van der Waals surface area contributed by atoms with Gasteiger partial charge in [-0.05, 0) is 47.2 Å². The molecule has 40 heavy (non-hydrogen) atoms. The lowest BCUT2D eigenvalue weighted by Crippen LogP contribution is -2.36. The normalized spacial score (nSPS) is 17.7. The van der Waals surface area contributed by atoms with E-state index in [1.54, 1.807) is 16.8 Å². The molecule has 0 fully saturated rings. The maximum atomic E-state index is 14.2. The summed E-state index contributed by atoms with van der Waals surface area (Å²) in [5, 5.41) is 9.34. The summed E-state index contributed by atoms with van der Waals surface area (Å²) in [6, 6.07) is 21.5. The van der Waals surface area contributed by atoms with E-state index < -0.39 is 6.04 Å². The minimum Gasteiger partial charge on any atom is -0.489 e. The van der Waals surface area contributed by atoms with Gasteiger partial charge in [-0.25, -0.2) is 9.07 Å². The van der Waals surface area contributed by atoms with Crippen LogP contribution in [0.15, 0.2) is 89.2 Å². The van der Waals surface area contributed by atoms with E-state index in [1.165, 1.54) is 17.8 Å². The minimum absolute atomic E-state index is 0.0906. The van der Waals surface area contributed by atoms with Crippen LogP contribution >= 0.6 is 23.4 Å². The number of thioether (sulfide) groups is 1. The Balaban J connectivity index is 1.34. The summed E-state index contributed by atoms with van der Waals surface area (Å²) in [5.41, 5.74) is 3.75. The lowest BCUT2D eigenvalue weighted by molar-refractivity contribution is -0.118. The van der Waals surface area contributed by atoms with Crippen molar-refractivity contribution >= 4 is 35.1 Å². The topological polar surface area (TPSA) is 69.0 Å². The van der Waals surface area contributed by atoms with Gasteiger partial charge in [-0.1, -0.05) is 85.7 Å². The summed E-state index contributed by atoms with van der Waals surface area (Å²) >= 11 is 7.68. The molecule has 1 unspecified atom stereocenters. The Hall–Kier alpha value is -3.62. The molecule has 0 spiro atoms. The third-order valence-corrected chi connectivity index (χ3v) is 8.41. The Morgan fingerprint density at radius 3 is 2.65 bits per heavy atom. The number of fused-ring (bicyclic) bond motifs is 1. The number of ketones is 1. The second-order valence-electron chi connectivity index (χ2n) is 10.9. The van der Waals surface area contributed by atoms with Crippen molar-refractivity contribution in [1.29, 1.82) is 0 Å². The van der Waals surface area contributed by atoms with Gasteiger partial charge >= 0.3 is 0 Å². The predicted molar refractivity (Wildman–Crippen MR) is 155 cm³/mol. The van der Waals surface area contributed by atoms with Gasteiger partial charge in [0.05, 0.1) is 0 Å². The second kappa shape index (κ2) is 10.7. The van der Waals surface area contributed by atoms with Crippen molar-refractivity contribution in [3.8, 4) is 5.75 Å². The number of nitrogens with one attached hydrogen (secondary N) is 1. The van der Waals surface area contributed by atoms with Gasteiger partial charge in [-0.2, -0.15) is 4.98 Å². The standard InChI is InChI=1S/C31H28ClFN4O2S/c1-31(2)15-25-27(26(38)16-31)28(19-10-7-11-22(14-19)39-17-20-8-3-5-12-23(20)32)37-29(34-25)35-30(36-37)40-18-21-9-4-6-13-24(21)33/h3-14,28H,15-18H2,1-2H3,(H,34,35,36). The molecule has 1 aromatic heterocycles. The van der Waals surface area contributed by atoms with Gasteiger partial charge in [-0.15, -0.1) is 5.10 Å². The van der Waals surface area contributed by atoms with Crippen LogP contribution in [0.2, 0.25) is 5.02 Å². The molecule has 0 amide bonds. The van der Waals surface area contributed by atoms with Gasteiger partial charge in [0.1, 0.15) is 24.2 Å². The van der Waals surface area contributed by atoms with E-state index in [0.29, 0.717) is 51.8 Å². The number of anilines is 1. The Labute approximate surface area is 241 Å². The number of halogens is 2. The number of rotatable bonds is 7. The van der Waals surface area contributed by atoms with Crippen LogP contribution in [0.1, 0.15) is 49.4 Å². The third-order valence-electron chi connectivity index (χ3n) is 7.15. The van der Waals surface area contributed by atoms with E-state index in [1.807, 2.05) is 54.6 Å². The van der Waals surface area contributed by atoms with Gasteiger partial charge in [0.25, 0.3) is 0 Å². The molecule has 1 aliphatic heterocycles. The van der Waals surface area contributed by atoms with Crippen molar-refractivity contribution in [3.05, 3.63) is 112 Å². The summed E-state index contributed by atoms with van der Waals surface area (Å²) in [6.45, 7) is 4.52. The fourth-order valence-corrected chi connectivity index (χ4v) is 6.27. The molecule has 2 heterocycles. The number of carbonyl (C=O) groups is 1. The van der Waals surface area contributed by atoms with Crippen LogP contribution in [0.3, 0.4) is 0 Å². The molecule has 2 aliphatic rings. The summed E-state index contributed by atoms with van der Waals surface area (Å²) in [7, 11) is 0. The number of hydrogen-bond donors (Lipinski definition) is 1. The summed E-state index contributed by atoms with van der Waals surface area (Å²) in [5.74, 6) is 1.46. The zero-order valence-corrected chi connectivity index (χ0v) is 23.7. The first-order chi connectivity index (χ1) is 19.3. The molecule has 6 rings (SSSR count). The van der Waals surface area contributed by atoms with Crippen LogP contribution in [-0.4, -0.2) is 20.5 Å². The highest BCUT2D eigenvalue weighted by Crippen LogP contribution is 2.46. The number of nitrogens with zero attached hydrogens (tertiary/aromatic N) is 3. The molecule has 9 heteroatoms. The first kappa shape index (κ1) is 26.6. The quantitative estimate of drug-likeness (QED) is 0.229. The zero-order chi connectivity index (χ0) is 27.9. The van der Waals surface area contributed by atoms with Crippen molar-refractivity contribution in [2.45, 2.75) is 50.2 Å². The summed E-state index contributed by atoms with van der Waals surface area (Å²) in [6.07, 6.45) is 1.17. The number of Topliss-reactive ketones (excluding diaryl/α,β-unsaturated/α-hetero) is 1. The SMILES string of the molecule is CC1(C)CC(=O)C2=C(C1)Nc1nc(SCc3ccccc3F)nn1C2c1cccc(OCc2ccccc2Cl)c1. The van der Waals surface area contributed by atoms with Crippen LogP contribution in [0.25, 0.3) is 0 Å². The predicted octanol–water partition coefficient (Wildman–Crippen LogP) is 7.60. The molecular formula is C31H28ClFN4O2S. The van der Waals surface area contributed by atoms with E-state index in [9.17, 15) is 9.18 Å². The van der Waals surface area contributed by atoms with Crippen molar-refractivity contribution in [1.82, 2.24) is 14.8 Å². The van der Waals surface area contributed by atoms with Gasteiger partial charge in [0.2, 0.25) is 11.1 Å². The van der Waals surface area contributed by atoms with Crippen LogP contribution in [0.5, 0.6) is 5.75 Å². The van der Waals surface area contributed by atoms with Crippen molar-refractivity contribution in [3.63, 3.8) is 0 Å². The Bertz CT molecular complexity index is 1630. The first-order valence-corrected chi connectivity index (χ1v) is 14.5. The largest absolute Gasteiger partial charge is 0.489 e. The van der Waals surface area contributed by atoms with Crippen LogP contribution < -0.4 is 10.1 Å². The Morgan fingerprint density at radius 2 is 1.85 bits per heavy atom. The zero-order valence-electron chi connectivity index (χ0n) is 22.2. The van der Waals surface area contributed by atoms with E-state index in [0.717, 1.165) is 23.2 Å². The van der Waals surface area contributed by atoms with E-state index >= 15 is 0 Å². The third kappa shape index (κ3) is 5.38. The maximum absolute atomic E-state index is 14.2. The van der Waals surface area contributed by atoms with Crippen molar-refractivity contribution < 1.29 is 13.9 Å². The highest BCUT2D eigenvalue weighted by Gasteiger charge is 2.42. The molecule has 4 aromatic rings. The number of benzene rings is 3. The highest BCUT2D eigenvalue weighted by atomic mass is 35.5. The van der Waals surface area contributed by atoms with E-state index in [4.69, 9.17) is 26.4 Å². The monoisotopic (exact) mass is 574 g/mol. The molecule has 0 bridgehead atoms. The number of hydrogen-bond acceptors (Lipinski definition) is 6. The molecule has 204 valence electrons. The average molecular weight is 575 g/mol. The summed E-state index contributed by atoms with van der Waals surface area (Å²) < 4.78 is 22.1. The molecule has 0 radical (unpaired) electrons. The van der Waals surface area contributed by atoms with Gasteiger partial charge in [0, 0.05) is 34.0 Å². The fourth-order valence-electron chi connectivity index (χ4n) is 5.27. The van der Waals surface area contributed by atoms with Crippen molar-refractivity contribution in [2.24, 2.45) is 5.41 Å². The Morgan fingerprint density at radius 1 is 1.07 bits per heavy atom. The highest BCUT2D eigenvalue weighted by molar-refractivity contribution is 7.98. The van der Waals surface area contributed by atoms with Gasteiger partial charge in [0.15, 0.2) is 5.78 Å². The molecule has 1 atom stereocenters. The Kier molecular flexibility index (Phi) is 7.15. The lowest BCUT2D eigenvalue weighted by Gasteiger charge is -2.38. The second-order valence-corrected chi connectivity index (χ2v) is 12.2. The van der Waals surface area contributed by atoms with Crippen LogP contribution in [-0.2, 0) is 17.2 Å². The number of aromatic nitrogens is 3. The van der Waals surface area contributed by atoms with Crippen molar-refractivity contribution in [2.75, 3.05) is 5.32 Å². The number of ether oxygens (including phenoxy) is 1. The molecular weight excluding hydrogens is 547 g/mol. The van der Waals surface area contributed by atoms with Crippen LogP contribution in [0, 0.1) is 11.2 Å². The molecule has 1 N–H and O–H groups in total. The fraction of sp³-hybridized carbons (Fsp3) is 0.258. The average Bonchev–Trinajstić information content (AvgIpc) is 3.33. The molecule has 0 saturated heterocycles. The van der Waals surface area contributed by atoms with E-state index in [-0.39, 0.29) is 17.0 Å². The van der Waals surface area contributed by atoms with Crippen LogP contribution in [0.4, 0.5) is 10.3 Å². The van der Waals surface area contributed by atoms with Gasteiger partial charge in [-0.3, -0.25) is 4.79 Å². The molecule has 6 nitrogen and oxygen atoms in total.